The molecule has 10 nitrogen and oxygen atoms in total. The maximum atomic E-state index is 11.3. The predicted octanol–water partition coefficient (Wildman–Crippen LogP) is 2.94. The van der Waals surface area contributed by atoms with E-state index in [0.29, 0.717) is 47.2 Å². The number of carbonyl (C=O) groups excluding carboxylic acids is 1. The van der Waals surface area contributed by atoms with Gasteiger partial charge in [0, 0.05) is 11.9 Å². The first-order chi connectivity index (χ1) is 17.1. The third-order valence-corrected chi connectivity index (χ3v) is 7.19. The maximum Gasteiger partial charge on any atom is 0.191 e. The molecule has 0 aliphatic carbocycles. The van der Waals surface area contributed by atoms with Gasteiger partial charge < -0.3 is 29.7 Å². The Hall–Kier alpha value is -3.19. The smallest absolute Gasteiger partial charge is 0.191 e. The molecule has 1 atom stereocenters. The summed E-state index contributed by atoms with van der Waals surface area (Å²) in [7, 11) is 6.11. The molecule has 0 aliphatic heterocycles. The number of nitrogens with zero attached hydrogens (tertiary/aromatic N) is 6. The number of fused-ring (bicyclic) bond motifs is 1. The summed E-state index contributed by atoms with van der Waals surface area (Å²) in [6.07, 6.45) is 0.803. The van der Waals surface area contributed by atoms with Gasteiger partial charge in [-0.1, -0.05) is 23.5 Å². The molecule has 0 aliphatic rings. The lowest BCUT2D eigenvalue weighted by Gasteiger charge is -2.27. The van der Waals surface area contributed by atoms with Crippen molar-refractivity contribution in [1.29, 1.82) is 0 Å². The molecule has 190 valence electrons. The Bertz CT molecular complexity index is 1320. The molecular weight excluding hydrogens is 498 g/mol. The molecular formula is C24H29N7O3S2. The molecule has 0 spiro atoms. The van der Waals surface area contributed by atoms with E-state index in [2.05, 4.69) is 25.5 Å². The Morgan fingerprint density at radius 2 is 2.00 bits per heavy atom. The first-order valence-corrected chi connectivity index (χ1v) is 13.2. The number of quaternary nitrogens is 1. The van der Waals surface area contributed by atoms with Crippen LogP contribution >= 0.6 is 22.7 Å². The molecule has 0 saturated heterocycles. The van der Waals surface area contributed by atoms with Crippen molar-refractivity contribution < 1.29 is 19.5 Å². The van der Waals surface area contributed by atoms with Crippen LogP contribution in [0.1, 0.15) is 28.9 Å². The first-order valence-electron chi connectivity index (χ1n) is 11.5. The summed E-state index contributed by atoms with van der Waals surface area (Å²) in [6, 6.07) is 9.79. The molecule has 0 saturated carbocycles. The van der Waals surface area contributed by atoms with E-state index >= 15 is 0 Å². The number of carboxylic acid groups (broad SMARTS) is 1. The number of likely N-dealkylation sites (N-methyl/N-ethyl adjacent to an activating group) is 1. The molecule has 1 aromatic carbocycles. The summed E-state index contributed by atoms with van der Waals surface area (Å²) in [6.45, 7) is 3.05. The van der Waals surface area contributed by atoms with Crippen molar-refractivity contribution in [3.8, 4) is 0 Å². The van der Waals surface area contributed by atoms with Crippen LogP contribution in [-0.2, 0) is 0 Å². The van der Waals surface area contributed by atoms with Gasteiger partial charge in [0.25, 0.3) is 0 Å². The largest absolute Gasteiger partial charge is 0.543 e. The van der Waals surface area contributed by atoms with Crippen LogP contribution in [0.25, 0.3) is 10.2 Å². The number of hydrogen-bond donors (Lipinski definition) is 2. The second-order valence-electron chi connectivity index (χ2n) is 9.57. The molecule has 0 fully saturated rings. The minimum atomic E-state index is -1.33. The number of aryl methyl sites for hydroxylation is 1. The van der Waals surface area contributed by atoms with Gasteiger partial charge in [0.2, 0.25) is 0 Å². The number of thiazole rings is 2. The number of aromatic carboxylic acids is 1. The highest BCUT2D eigenvalue weighted by molar-refractivity contribution is 7.22. The lowest BCUT2D eigenvalue weighted by molar-refractivity contribution is -0.873. The van der Waals surface area contributed by atoms with Crippen LogP contribution in [0.15, 0.2) is 35.7 Å². The summed E-state index contributed by atoms with van der Waals surface area (Å²) in [5, 5.41) is 36.4. The zero-order valence-electron chi connectivity index (χ0n) is 20.6. The lowest BCUT2D eigenvalue weighted by atomic mass is 10.1. The summed E-state index contributed by atoms with van der Waals surface area (Å²) < 4.78 is 1.74. The van der Waals surface area contributed by atoms with Gasteiger partial charge in [-0.2, -0.15) is 0 Å². The van der Waals surface area contributed by atoms with E-state index in [1.807, 2.05) is 63.3 Å². The number of carbonyl (C=O) groups is 1. The normalized spacial score (nSPS) is 12.6. The van der Waals surface area contributed by atoms with Gasteiger partial charge in [0.1, 0.15) is 12.6 Å². The standard InChI is InChI=1S/C24H29N7O3S2/c1-15-12-20(28-29-21(15)27-23-25-17-9-5-6-10-19(17)36-23)30(24-26-18(14-35-24)22(33)34)11-7-8-16(32)13-31(2,3)4/h5-6,9-10,12,14,16,32H,7-8,11,13H2,1-4H3,(H-,25,27,29,33,34). The van der Waals surface area contributed by atoms with E-state index in [9.17, 15) is 15.0 Å². The van der Waals surface area contributed by atoms with Crippen molar-refractivity contribution in [1.82, 2.24) is 20.2 Å². The van der Waals surface area contributed by atoms with Crippen LogP contribution in [0.5, 0.6) is 0 Å². The van der Waals surface area contributed by atoms with Gasteiger partial charge >= 0.3 is 0 Å². The average molecular weight is 528 g/mol. The fourth-order valence-corrected chi connectivity index (χ4v) is 5.45. The van der Waals surface area contributed by atoms with Gasteiger partial charge in [0.15, 0.2) is 21.9 Å². The van der Waals surface area contributed by atoms with Crippen molar-refractivity contribution >= 4 is 60.8 Å². The number of aliphatic hydroxyl groups is 1. The first kappa shape index (κ1) is 25.9. The number of anilines is 4. The van der Waals surface area contributed by atoms with Gasteiger partial charge in [-0.25, -0.2) is 9.97 Å². The van der Waals surface area contributed by atoms with E-state index in [4.69, 9.17) is 0 Å². The number of hydrogen-bond acceptors (Lipinski definition) is 11. The van der Waals surface area contributed by atoms with Gasteiger partial charge in [-0.3, -0.25) is 0 Å². The number of rotatable bonds is 11. The molecule has 2 N–H and O–H groups in total. The number of para-hydroxylation sites is 1. The van der Waals surface area contributed by atoms with Crippen molar-refractivity contribution in [2.75, 3.05) is 44.4 Å². The molecule has 0 radical (unpaired) electrons. The maximum absolute atomic E-state index is 11.3. The zero-order chi connectivity index (χ0) is 25.9. The molecule has 0 bridgehead atoms. The van der Waals surface area contributed by atoms with E-state index in [1.165, 1.54) is 28.1 Å². The number of benzene rings is 1. The Kier molecular flexibility index (Phi) is 7.79. The van der Waals surface area contributed by atoms with Gasteiger partial charge in [-0.05, 0) is 43.5 Å². The van der Waals surface area contributed by atoms with Crippen LogP contribution in [0.4, 0.5) is 21.9 Å². The third kappa shape index (κ3) is 6.52. The topological polar surface area (TPSA) is 127 Å². The molecule has 12 heteroatoms. The zero-order valence-corrected chi connectivity index (χ0v) is 22.3. The monoisotopic (exact) mass is 527 g/mol. The molecule has 1 unspecified atom stereocenters. The average Bonchev–Trinajstić information content (AvgIpc) is 3.44. The van der Waals surface area contributed by atoms with Crippen LogP contribution in [0, 0.1) is 6.92 Å². The van der Waals surface area contributed by atoms with Gasteiger partial charge in [-0.15, -0.1) is 21.5 Å². The molecule has 3 aromatic heterocycles. The number of aromatic nitrogens is 4. The van der Waals surface area contributed by atoms with Crippen LogP contribution in [0.3, 0.4) is 0 Å². The Balaban J connectivity index is 1.53. The fraction of sp³-hybridized carbons (Fsp3) is 0.375. The van der Waals surface area contributed by atoms with Crippen molar-refractivity contribution in [3.05, 3.63) is 47.0 Å². The van der Waals surface area contributed by atoms with Crippen LogP contribution < -0.4 is 15.3 Å². The SMILES string of the molecule is Cc1cc(N(CCCC(O)C[N+](C)(C)C)c2nc(C(=O)[O-])cs2)nnc1Nc1nc2ccccc2s1. The number of nitrogens with one attached hydrogen (secondary N) is 1. The fourth-order valence-electron chi connectivity index (χ4n) is 3.75. The second-order valence-corrected chi connectivity index (χ2v) is 11.4. The van der Waals surface area contributed by atoms with E-state index < -0.39 is 12.1 Å². The number of carboxylic acids is 1. The number of aliphatic hydroxyl groups excluding tert-OH is 1. The summed E-state index contributed by atoms with van der Waals surface area (Å²) in [5.74, 6) is -0.193. The van der Waals surface area contributed by atoms with E-state index in [-0.39, 0.29) is 5.69 Å². The van der Waals surface area contributed by atoms with Crippen molar-refractivity contribution in [2.24, 2.45) is 0 Å². The van der Waals surface area contributed by atoms with Gasteiger partial charge in [0.05, 0.1) is 43.0 Å². The highest BCUT2D eigenvalue weighted by Gasteiger charge is 2.20. The molecule has 4 rings (SSSR count). The molecule has 36 heavy (non-hydrogen) atoms. The summed E-state index contributed by atoms with van der Waals surface area (Å²) >= 11 is 2.74. The summed E-state index contributed by atoms with van der Waals surface area (Å²) in [4.78, 5) is 21.9. The minimum Gasteiger partial charge on any atom is -0.543 e. The van der Waals surface area contributed by atoms with Crippen LogP contribution in [-0.4, -0.2) is 76.1 Å². The van der Waals surface area contributed by atoms with Crippen molar-refractivity contribution in [2.45, 2.75) is 25.9 Å². The van der Waals surface area contributed by atoms with Crippen molar-refractivity contribution in [3.63, 3.8) is 0 Å². The lowest BCUT2D eigenvalue weighted by Crippen LogP contribution is -2.41. The minimum absolute atomic E-state index is 0.121. The van der Waals surface area contributed by atoms with E-state index in [0.717, 1.165) is 20.9 Å². The summed E-state index contributed by atoms with van der Waals surface area (Å²) in [5.41, 5.74) is 1.65. The second kappa shape index (κ2) is 10.8. The van der Waals surface area contributed by atoms with E-state index in [1.54, 1.807) is 0 Å². The quantitative estimate of drug-likeness (QED) is 0.283. The molecule has 4 aromatic rings. The highest BCUT2D eigenvalue weighted by atomic mass is 32.1. The Labute approximate surface area is 217 Å². The molecule has 0 amide bonds. The predicted molar refractivity (Wildman–Crippen MR) is 141 cm³/mol. The molecule has 3 heterocycles. The Morgan fingerprint density at radius 3 is 2.67 bits per heavy atom. The highest BCUT2D eigenvalue weighted by Crippen LogP contribution is 2.31. The van der Waals surface area contributed by atoms with Crippen LogP contribution in [0.2, 0.25) is 0 Å². The third-order valence-electron chi connectivity index (χ3n) is 5.38. The Morgan fingerprint density at radius 1 is 1.22 bits per heavy atom.